The first-order chi connectivity index (χ1) is 9.74. The number of hydrogen-bond donors (Lipinski definition) is 2. The molecule has 0 spiro atoms. The zero-order chi connectivity index (χ0) is 13.9. The summed E-state index contributed by atoms with van der Waals surface area (Å²) in [6.07, 6.45) is 3.43. The van der Waals surface area contributed by atoms with Crippen molar-refractivity contribution in [3.8, 4) is 0 Å². The quantitative estimate of drug-likeness (QED) is 0.846. The first-order valence-corrected chi connectivity index (χ1v) is 7.65. The Morgan fingerprint density at radius 3 is 2.95 bits per heavy atom. The van der Waals surface area contributed by atoms with Gasteiger partial charge in [0, 0.05) is 16.2 Å². The van der Waals surface area contributed by atoms with Crippen molar-refractivity contribution < 1.29 is 4.42 Å². The Labute approximate surface area is 126 Å². The lowest BCUT2D eigenvalue weighted by molar-refractivity contribution is 0.478. The largest absolute Gasteiger partial charge is 0.406 e. The molecule has 1 fully saturated rings. The van der Waals surface area contributed by atoms with Gasteiger partial charge in [-0.15, -0.1) is 5.10 Å². The number of aryl methyl sites for hydroxylation is 1. The van der Waals surface area contributed by atoms with Crippen molar-refractivity contribution in [2.24, 2.45) is 0 Å². The van der Waals surface area contributed by atoms with Crippen LogP contribution in [0.1, 0.15) is 31.2 Å². The molecule has 2 N–H and O–H groups in total. The molecule has 1 aliphatic carbocycles. The molecule has 106 valence electrons. The van der Waals surface area contributed by atoms with E-state index in [1.165, 1.54) is 18.4 Å². The van der Waals surface area contributed by atoms with E-state index in [1.807, 2.05) is 12.1 Å². The molecular formula is C14H17BrN4O. The molecule has 1 aromatic carbocycles. The predicted molar refractivity (Wildman–Crippen MR) is 81.0 cm³/mol. The van der Waals surface area contributed by atoms with E-state index in [2.05, 4.69) is 49.8 Å². The van der Waals surface area contributed by atoms with Crippen LogP contribution < -0.4 is 10.6 Å². The van der Waals surface area contributed by atoms with Gasteiger partial charge in [0.2, 0.25) is 5.89 Å². The first-order valence-electron chi connectivity index (χ1n) is 6.86. The zero-order valence-corrected chi connectivity index (χ0v) is 12.9. The molecule has 1 saturated carbocycles. The van der Waals surface area contributed by atoms with Crippen molar-refractivity contribution in [1.82, 2.24) is 15.5 Å². The van der Waals surface area contributed by atoms with Gasteiger partial charge >= 0.3 is 6.01 Å². The third kappa shape index (κ3) is 3.37. The van der Waals surface area contributed by atoms with E-state index < -0.39 is 0 Å². The summed E-state index contributed by atoms with van der Waals surface area (Å²) < 4.78 is 6.66. The van der Waals surface area contributed by atoms with Crippen molar-refractivity contribution in [3.63, 3.8) is 0 Å². The van der Waals surface area contributed by atoms with Gasteiger partial charge in [0.1, 0.15) is 0 Å². The van der Waals surface area contributed by atoms with Gasteiger partial charge in [0.15, 0.2) is 0 Å². The minimum atomic E-state index is 0.439. The fourth-order valence-corrected chi connectivity index (χ4v) is 2.40. The number of nitrogens with zero attached hydrogens (tertiary/aromatic N) is 2. The summed E-state index contributed by atoms with van der Waals surface area (Å²) in [4.78, 5) is 0. The Balaban J connectivity index is 1.67. The second-order valence-corrected chi connectivity index (χ2v) is 5.85. The van der Waals surface area contributed by atoms with E-state index in [-0.39, 0.29) is 0 Å². The van der Waals surface area contributed by atoms with Crippen molar-refractivity contribution in [3.05, 3.63) is 34.1 Å². The topological polar surface area (TPSA) is 63.0 Å². The summed E-state index contributed by atoms with van der Waals surface area (Å²) in [6, 6.07) is 7.17. The highest BCUT2D eigenvalue weighted by atomic mass is 79.9. The highest BCUT2D eigenvalue weighted by Crippen LogP contribution is 2.24. The van der Waals surface area contributed by atoms with Crippen LogP contribution >= 0.6 is 15.9 Å². The highest BCUT2D eigenvalue weighted by molar-refractivity contribution is 9.10. The maximum atomic E-state index is 5.59. The molecule has 0 bridgehead atoms. The molecule has 0 unspecified atom stereocenters. The normalized spacial score (nSPS) is 14.5. The van der Waals surface area contributed by atoms with Gasteiger partial charge in [-0.25, -0.2) is 0 Å². The van der Waals surface area contributed by atoms with Gasteiger partial charge in [0.25, 0.3) is 0 Å². The predicted octanol–water partition coefficient (Wildman–Crippen LogP) is 3.39. The Bertz CT molecular complexity index is 595. The van der Waals surface area contributed by atoms with Gasteiger partial charge in [0.05, 0.1) is 6.54 Å². The summed E-state index contributed by atoms with van der Waals surface area (Å²) in [7, 11) is 0. The number of halogens is 1. The summed E-state index contributed by atoms with van der Waals surface area (Å²) >= 11 is 3.48. The second-order valence-electron chi connectivity index (χ2n) is 4.94. The van der Waals surface area contributed by atoms with E-state index >= 15 is 0 Å². The third-order valence-corrected chi connectivity index (χ3v) is 3.77. The Hall–Kier alpha value is -1.40. The SMILES string of the molecule is CCc1cc(Br)ccc1Nc1nnc(CNC2CC2)o1. The van der Waals surface area contributed by atoms with Crippen LogP contribution in [0.25, 0.3) is 0 Å². The van der Waals surface area contributed by atoms with Crippen LogP contribution in [0.3, 0.4) is 0 Å². The number of aromatic nitrogens is 2. The first kappa shape index (κ1) is 13.6. The number of anilines is 2. The average molecular weight is 337 g/mol. The van der Waals surface area contributed by atoms with Gasteiger partial charge in [-0.2, -0.15) is 0 Å². The maximum absolute atomic E-state index is 5.59. The zero-order valence-electron chi connectivity index (χ0n) is 11.3. The minimum Gasteiger partial charge on any atom is -0.406 e. The van der Waals surface area contributed by atoms with Crippen LogP contribution in [0.2, 0.25) is 0 Å². The lowest BCUT2D eigenvalue weighted by Crippen LogP contribution is -2.15. The van der Waals surface area contributed by atoms with Crippen LogP contribution in [0, 0.1) is 0 Å². The molecule has 5 nitrogen and oxygen atoms in total. The van der Waals surface area contributed by atoms with Crippen LogP contribution in [-0.4, -0.2) is 16.2 Å². The standard InChI is InChI=1S/C14H17BrN4O/c1-2-9-7-10(15)3-6-12(9)17-14-19-18-13(20-14)8-16-11-4-5-11/h3,6-7,11,16H,2,4-5,8H2,1H3,(H,17,19). The van der Waals surface area contributed by atoms with Gasteiger partial charge in [-0.1, -0.05) is 28.0 Å². The van der Waals surface area contributed by atoms with E-state index in [0.29, 0.717) is 24.5 Å². The van der Waals surface area contributed by atoms with Gasteiger partial charge in [-0.3, -0.25) is 0 Å². The lowest BCUT2D eigenvalue weighted by atomic mass is 10.1. The minimum absolute atomic E-state index is 0.439. The Kier molecular flexibility index (Phi) is 4.03. The van der Waals surface area contributed by atoms with Crippen molar-refractivity contribution in [2.75, 3.05) is 5.32 Å². The van der Waals surface area contributed by atoms with Crippen molar-refractivity contribution in [1.29, 1.82) is 0 Å². The summed E-state index contributed by atoms with van der Waals surface area (Å²) in [6.45, 7) is 2.76. The third-order valence-electron chi connectivity index (χ3n) is 3.28. The Morgan fingerprint density at radius 2 is 2.20 bits per heavy atom. The van der Waals surface area contributed by atoms with Crippen molar-refractivity contribution >= 4 is 27.6 Å². The lowest BCUT2D eigenvalue weighted by Gasteiger charge is -2.07. The van der Waals surface area contributed by atoms with E-state index in [1.54, 1.807) is 0 Å². The summed E-state index contributed by atoms with van der Waals surface area (Å²) in [5, 5.41) is 14.6. The van der Waals surface area contributed by atoms with Gasteiger partial charge < -0.3 is 15.1 Å². The summed E-state index contributed by atoms with van der Waals surface area (Å²) in [5.41, 5.74) is 2.20. The number of rotatable bonds is 6. The molecule has 0 radical (unpaired) electrons. The Morgan fingerprint density at radius 1 is 1.35 bits per heavy atom. The van der Waals surface area contributed by atoms with Crippen LogP contribution in [0.15, 0.2) is 27.1 Å². The van der Waals surface area contributed by atoms with Crippen LogP contribution in [-0.2, 0) is 13.0 Å². The molecule has 0 aliphatic heterocycles. The molecule has 2 aromatic rings. The molecule has 0 saturated heterocycles. The van der Waals surface area contributed by atoms with Crippen molar-refractivity contribution in [2.45, 2.75) is 38.8 Å². The van der Waals surface area contributed by atoms with Gasteiger partial charge in [-0.05, 0) is 43.0 Å². The molecule has 20 heavy (non-hydrogen) atoms. The molecule has 3 rings (SSSR count). The number of benzene rings is 1. The maximum Gasteiger partial charge on any atom is 0.320 e. The van der Waals surface area contributed by atoms with E-state index in [9.17, 15) is 0 Å². The number of hydrogen-bond acceptors (Lipinski definition) is 5. The average Bonchev–Trinajstić information content (AvgIpc) is 3.18. The summed E-state index contributed by atoms with van der Waals surface area (Å²) in [5.74, 6) is 0.620. The molecule has 0 amide bonds. The smallest absolute Gasteiger partial charge is 0.320 e. The van der Waals surface area contributed by atoms with Crippen LogP contribution in [0.4, 0.5) is 11.7 Å². The molecule has 6 heteroatoms. The molecular weight excluding hydrogens is 320 g/mol. The number of nitrogens with one attached hydrogen (secondary N) is 2. The van der Waals surface area contributed by atoms with Crippen LogP contribution in [0.5, 0.6) is 0 Å². The van der Waals surface area contributed by atoms with E-state index in [4.69, 9.17) is 4.42 Å². The fourth-order valence-electron chi connectivity index (χ4n) is 1.99. The second kappa shape index (κ2) is 5.93. The van der Waals surface area contributed by atoms with E-state index in [0.717, 1.165) is 16.6 Å². The highest BCUT2D eigenvalue weighted by Gasteiger charge is 2.21. The molecule has 0 atom stereocenters. The molecule has 1 aromatic heterocycles. The fraction of sp³-hybridized carbons (Fsp3) is 0.429. The molecule has 1 heterocycles. The monoisotopic (exact) mass is 336 g/mol. The molecule has 1 aliphatic rings.